The van der Waals surface area contributed by atoms with Gasteiger partial charge >= 0.3 is 19.8 Å². The normalized spacial score (nSPS) is 15.4. The van der Waals surface area contributed by atoms with Crippen LogP contribution in [0.25, 0.3) is 0 Å². The summed E-state index contributed by atoms with van der Waals surface area (Å²) in [7, 11) is -4.64. The molecule has 0 spiro atoms. The molecule has 0 bridgehead atoms. The molecule has 0 aromatic heterocycles. The van der Waals surface area contributed by atoms with Crippen LogP contribution in [-0.2, 0) is 23.6 Å². The topological polar surface area (TPSA) is 154 Å². The van der Waals surface area contributed by atoms with E-state index in [9.17, 15) is 9.59 Å². The molecule has 0 radical (unpaired) electrons. The molecule has 21 heavy (non-hydrogen) atoms. The van der Waals surface area contributed by atoms with Gasteiger partial charge in [-0.1, -0.05) is 13.2 Å². The second-order valence-electron chi connectivity index (χ2n) is 3.93. The Bertz CT molecular complexity index is 413. The number of carbonyl (C=O) groups is 2. The third kappa shape index (κ3) is 23.9. The van der Waals surface area contributed by atoms with Crippen molar-refractivity contribution in [2.75, 3.05) is 13.2 Å². The highest BCUT2D eigenvalue weighted by Crippen LogP contribution is 2.25. The fraction of sp³-hybridized carbons (Fsp3) is 0.455. The standard InChI is InChI=1S/C7H10O3.C4H6O2.H3O4P/c1-5(2)7(8)10-4-6-3-9-6;1-3(2)4(5)6;1-5(2,3)4/h6H,1,3-4H2,2H3;1H2,2H3,(H,5,6);(H3,1,2,3,4). The van der Waals surface area contributed by atoms with Gasteiger partial charge in [0.25, 0.3) is 0 Å². The molecule has 1 atom stereocenters. The summed E-state index contributed by atoms with van der Waals surface area (Å²) in [5, 5.41) is 7.89. The molecular formula is C11H19O9P. The van der Waals surface area contributed by atoms with Gasteiger partial charge in [-0.05, 0) is 13.8 Å². The average Bonchev–Trinajstić information content (AvgIpc) is 3.07. The third-order valence-electron chi connectivity index (χ3n) is 1.52. The molecule has 10 heteroatoms. The van der Waals surface area contributed by atoms with Crippen molar-refractivity contribution in [2.24, 2.45) is 0 Å². The monoisotopic (exact) mass is 326 g/mol. The second kappa shape index (κ2) is 10.3. The molecule has 9 nitrogen and oxygen atoms in total. The van der Waals surface area contributed by atoms with Crippen LogP contribution in [0.5, 0.6) is 0 Å². The van der Waals surface area contributed by atoms with Gasteiger partial charge in [-0.15, -0.1) is 0 Å². The van der Waals surface area contributed by atoms with Crippen LogP contribution in [0.4, 0.5) is 0 Å². The van der Waals surface area contributed by atoms with Gasteiger partial charge in [-0.2, -0.15) is 0 Å². The first-order chi connectivity index (χ1) is 9.34. The molecule has 1 heterocycles. The van der Waals surface area contributed by atoms with E-state index in [1.54, 1.807) is 6.92 Å². The van der Waals surface area contributed by atoms with Crippen LogP contribution in [0.3, 0.4) is 0 Å². The van der Waals surface area contributed by atoms with Crippen LogP contribution >= 0.6 is 7.82 Å². The first kappa shape index (κ1) is 21.8. The summed E-state index contributed by atoms with van der Waals surface area (Å²) in [6, 6.07) is 0. The van der Waals surface area contributed by atoms with Crippen LogP contribution < -0.4 is 0 Å². The number of hydrogen-bond acceptors (Lipinski definition) is 5. The summed E-state index contributed by atoms with van der Waals surface area (Å²) in [6.45, 7) is 10.7. The summed E-state index contributed by atoms with van der Waals surface area (Å²) in [5.41, 5.74) is 0.607. The van der Waals surface area contributed by atoms with Gasteiger partial charge in [-0.25, -0.2) is 14.2 Å². The molecule has 1 saturated heterocycles. The van der Waals surface area contributed by atoms with Gasteiger partial charge in [-0.3, -0.25) is 0 Å². The Balaban J connectivity index is 0. The van der Waals surface area contributed by atoms with Gasteiger partial charge in [0.1, 0.15) is 12.7 Å². The molecule has 1 rings (SSSR count). The van der Waals surface area contributed by atoms with E-state index in [-0.39, 0.29) is 17.6 Å². The molecule has 1 aliphatic heterocycles. The quantitative estimate of drug-likeness (QED) is 0.246. The fourth-order valence-electron chi connectivity index (χ4n) is 0.456. The largest absolute Gasteiger partial charge is 0.478 e. The zero-order chi connectivity index (χ0) is 17.2. The molecule has 1 unspecified atom stereocenters. The van der Waals surface area contributed by atoms with Crippen LogP contribution in [0.15, 0.2) is 24.3 Å². The van der Waals surface area contributed by atoms with E-state index in [0.29, 0.717) is 18.8 Å². The minimum atomic E-state index is -4.64. The summed E-state index contributed by atoms with van der Waals surface area (Å²) >= 11 is 0. The van der Waals surface area contributed by atoms with E-state index in [4.69, 9.17) is 33.8 Å². The highest BCUT2D eigenvalue weighted by Gasteiger charge is 2.24. The Hall–Kier alpha value is -1.51. The maximum atomic E-state index is 10.7. The summed E-state index contributed by atoms with van der Waals surface area (Å²) in [5.74, 6) is -1.27. The number of carbonyl (C=O) groups excluding carboxylic acids is 1. The highest BCUT2D eigenvalue weighted by atomic mass is 31.2. The van der Waals surface area contributed by atoms with Crippen molar-refractivity contribution in [3.8, 4) is 0 Å². The lowest BCUT2D eigenvalue weighted by atomic mass is 10.4. The molecule has 0 aromatic rings. The number of hydrogen-bond donors (Lipinski definition) is 4. The smallest absolute Gasteiger partial charge is 0.466 e. The van der Waals surface area contributed by atoms with Crippen molar-refractivity contribution >= 4 is 19.8 Å². The lowest BCUT2D eigenvalue weighted by Gasteiger charge is -1.99. The Morgan fingerprint density at radius 3 is 1.76 bits per heavy atom. The third-order valence-corrected chi connectivity index (χ3v) is 1.52. The second-order valence-corrected chi connectivity index (χ2v) is 4.96. The zero-order valence-corrected chi connectivity index (χ0v) is 12.6. The van der Waals surface area contributed by atoms with Crippen molar-refractivity contribution in [2.45, 2.75) is 20.0 Å². The van der Waals surface area contributed by atoms with Crippen molar-refractivity contribution in [3.05, 3.63) is 24.3 Å². The van der Waals surface area contributed by atoms with Crippen molar-refractivity contribution < 1.29 is 43.4 Å². The molecule has 122 valence electrons. The number of carboxylic acid groups (broad SMARTS) is 1. The highest BCUT2D eigenvalue weighted by molar-refractivity contribution is 7.45. The number of ether oxygens (including phenoxy) is 2. The van der Waals surface area contributed by atoms with Crippen LogP contribution in [0, 0.1) is 0 Å². The Kier molecular flexibility index (Phi) is 10.6. The SMILES string of the molecule is C=C(C)C(=O)O.C=C(C)C(=O)OCC1CO1.O=P(O)(O)O. The molecule has 0 aliphatic carbocycles. The lowest BCUT2D eigenvalue weighted by molar-refractivity contribution is -0.139. The first-order valence-corrected chi connectivity index (χ1v) is 7.02. The van der Waals surface area contributed by atoms with Gasteiger partial charge in [0.15, 0.2) is 0 Å². The molecule has 0 amide bonds. The van der Waals surface area contributed by atoms with Gasteiger partial charge in [0.2, 0.25) is 0 Å². The lowest BCUT2D eigenvalue weighted by Crippen LogP contribution is -2.09. The predicted molar refractivity (Wildman–Crippen MR) is 72.2 cm³/mol. The number of rotatable bonds is 4. The molecule has 1 aliphatic rings. The van der Waals surface area contributed by atoms with Crippen LogP contribution in [0.2, 0.25) is 0 Å². The Morgan fingerprint density at radius 2 is 1.57 bits per heavy atom. The first-order valence-electron chi connectivity index (χ1n) is 5.46. The molecular weight excluding hydrogens is 307 g/mol. The average molecular weight is 326 g/mol. The molecule has 1 fully saturated rings. The number of carboxylic acids is 1. The van der Waals surface area contributed by atoms with Crippen LogP contribution in [-0.4, -0.2) is 51.0 Å². The van der Waals surface area contributed by atoms with Gasteiger partial charge in [0, 0.05) is 11.1 Å². The number of phosphoric acid groups is 1. The van der Waals surface area contributed by atoms with E-state index < -0.39 is 13.8 Å². The molecule has 4 N–H and O–H groups in total. The molecule has 0 aromatic carbocycles. The van der Waals surface area contributed by atoms with Gasteiger partial charge in [0.05, 0.1) is 6.61 Å². The minimum Gasteiger partial charge on any atom is -0.478 e. The fourth-order valence-corrected chi connectivity index (χ4v) is 0.456. The van der Waals surface area contributed by atoms with Crippen molar-refractivity contribution in [1.82, 2.24) is 0 Å². The zero-order valence-electron chi connectivity index (χ0n) is 11.7. The maximum Gasteiger partial charge on any atom is 0.466 e. The van der Waals surface area contributed by atoms with E-state index in [1.165, 1.54) is 6.92 Å². The van der Waals surface area contributed by atoms with Crippen molar-refractivity contribution in [3.63, 3.8) is 0 Å². The Morgan fingerprint density at radius 1 is 1.24 bits per heavy atom. The summed E-state index contributed by atoms with van der Waals surface area (Å²) < 4.78 is 18.5. The number of aliphatic carboxylic acids is 1. The predicted octanol–water partition coefficient (Wildman–Crippen LogP) is 0.223. The van der Waals surface area contributed by atoms with Crippen molar-refractivity contribution in [1.29, 1.82) is 0 Å². The van der Waals surface area contributed by atoms with Gasteiger partial charge < -0.3 is 29.3 Å². The van der Waals surface area contributed by atoms with Crippen LogP contribution in [0.1, 0.15) is 13.8 Å². The summed E-state index contributed by atoms with van der Waals surface area (Å²) in [6.07, 6.45) is 0.142. The number of epoxide rings is 1. The number of esters is 1. The van der Waals surface area contributed by atoms with E-state index in [0.717, 1.165) is 0 Å². The Labute approximate surface area is 121 Å². The van der Waals surface area contributed by atoms with E-state index in [1.807, 2.05) is 0 Å². The maximum absolute atomic E-state index is 10.7. The minimum absolute atomic E-state index is 0.142. The summed E-state index contributed by atoms with van der Waals surface area (Å²) in [4.78, 5) is 41.9. The van der Waals surface area contributed by atoms with E-state index in [2.05, 4.69) is 13.2 Å². The van der Waals surface area contributed by atoms with E-state index >= 15 is 0 Å². The molecule has 0 saturated carbocycles.